The number of carbonyl (C=O) groups is 1. The van der Waals surface area contributed by atoms with E-state index in [1.807, 2.05) is 19.1 Å². The Morgan fingerprint density at radius 3 is 3.19 bits per heavy atom. The van der Waals surface area contributed by atoms with Crippen LogP contribution in [0, 0.1) is 5.92 Å². The zero-order valence-corrected chi connectivity index (χ0v) is 13.8. The highest BCUT2D eigenvalue weighted by Crippen LogP contribution is 2.38. The molecule has 1 saturated carbocycles. The van der Waals surface area contributed by atoms with E-state index in [0.29, 0.717) is 18.1 Å². The van der Waals surface area contributed by atoms with Crippen LogP contribution in [-0.2, 0) is 9.53 Å². The lowest BCUT2D eigenvalue weighted by Crippen LogP contribution is -2.52. The highest BCUT2D eigenvalue weighted by molar-refractivity contribution is 7.99. The summed E-state index contributed by atoms with van der Waals surface area (Å²) in [6.45, 7) is 2.19. The monoisotopic (exact) mass is 328 g/mol. The number of nitrogens with two attached hydrogens (primary N) is 1. The highest BCUT2D eigenvalue weighted by Gasteiger charge is 2.46. The van der Waals surface area contributed by atoms with Gasteiger partial charge in [0.15, 0.2) is 0 Å². The number of esters is 1. The van der Waals surface area contributed by atoms with Gasteiger partial charge in [-0.15, -0.1) is 11.8 Å². The molecule has 0 aromatic carbocycles. The van der Waals surface area contributed by atoms with Gasteiger partial charge >= 0.3 is 5.97 Å². The molecule has 116 valence electrons. The number of hydrogen-bond donors (Lipinski definition) is 1. The van der Waals surface area contributed by atoms with Gasteiger partial charge in [0.05, 0.1) is 11.6 Å². The molecule has 1 heterocycles. The van der Waals surface area contributed by atoms with Crippen LogP contribution in [-0.4, -0.2) is 28.9 Å². The summed E-state index contributed by atoms with van der Waals surface area (Å²) in [6, 6.07) is 3.65. The largest absolute Gasteiger partial charge is 0.465 e. The van der Waals surface area contributed by atoms with Crippen LogP contribution >= 0.6 is 23.4 Å². The predicted octanol–water partition coefficient (Wildman–Crippen LogP) is 3.28. The van der Waals surface area contributed by atoms with E-state index in [1.165, 1.54) is 0 Å². The van der Waals surface area contributed by atoms with E-state index in [4.69, 9.17) is 22.1 Å². The number of nitrogens with zero attached hydrogens (tertiary/aromatic N) is 1. The van der Waals surface area contributed by atoms with E-state index >= 15 is 0 Å². The second kappa shape index (κ2) is 7.47. The Labute approximate surface area is 134 Å². The van der Waals surface area contributed by atoms with Crippen molar-refractivity contribution < 1.29 is 9.53 Å². The van der Waals surface area contributed by atoms with Crippen molar-refractivity contribution in [1.29, 1.82) is 0 Å². The molecule has 4 nitrogen and oxygen atoms in total. The molecule has 6 heteroatoms. The summed E-state index contributed by atoms with van der Waals surface area (Å²) in [5.41, 5.74) is 5.50. The van der Waals surface area contributed by atoms with Gasteiger partial charge in [-0.05, 0) is 50.0 Å². The lowest BCUT2D eigenvalue weighted by atomic mass is 9.86. The first kappa shape index (κ1) is 16.6. The summed E-state index contributed by atoms with van der Waals surface area (Å²) < 4.78 is 5.14. The fourth-order valence-electron chi connectivity index (χ4n) is 2.81. The van der Waals surface area contributed by atoms with E-state index in [-0.39, 0.29) is 11.9 Å². The van der Waals surface area contributed by atoms with Crippen molar-refractivity contribution in [3.63, 3.8) is 0 Å². The first-order valence-electron chi connectivity index (χ1n) is 7.27. The fraction of sp³-hybridized carbons (Fsp3) is 0.600. The molecule has 2 rings (SSSR count). The predicted molar refractivity (Wildman–Crippen MR) is 85.5 cm³/mol. The number of pyridine rings is 1. The standard InChI is InChI=1S/C15H21ClN2O2S/c1-2-20-14(19)15(17)8-3-5-11(15)7-10-21-13-12(16)6-4-9-18-13/h4,6,9,11H,2-3,5,7-8,10,17H2,1H3. The third kappa shape index (κ3) is 3.90. The SMILES string of the molecule is CCOC(=O)C1(N)CCCC1CCSc1ncccc1Cl. The van der Waals surface area contributed by atoms with Gasteiger partial charge < -0.3 is 10.5 Å². The molecular formula is C15H21ClN2O2S. The molecule has 0 spiro atoms. The summed E-state index contributed by atoms with van der Waals surface area (Å²) >= 11 is 7.69. The van der Waals surface area contributed by atoms with Crippen LogP contribution in [0.15, 0.2) is 23.4 Å². The maximum Gasteiger partial charge on any atom is 0.326 e. The molecule has 1 aliphatic carbocycles. The highest BCUT2D eigenvalue weighted by atomic mass is 35.5. The van der Waals surface area contributed by atoms with Crippen LogP contribution in [0.4, 0.5) is 0 Å². The average molecular weight is 329 g/mol. The first-order valence-corrected chi connectivity index (χ1v) is 8.63. The van der Waals surface area contributed by atoms with Crippen LogP contribution in [0.3, 0.4) is 0 Å². The summed E-state index contributed by atoms with van der Waals surface area (Å²) in [7, 11) is 0. The molecular weight excluding hydrogens is 308 g/mol. The molecule has 21 heavy (non-hydrogen) atoms. The van der Waals surface area contributed by atoms with Crippen molar-refractivity contribution in [2.24, 2.45) is 11.7 Å². The number of ether oxygens (including phenoxy) is 1. The minimum atomic E-state index is -0.815. The number of carbonyl (C=O) groups excluding carboxylic acids is 1. The fourth-order valence-corrected chi connectivity index (χ4v) is 4.04. The molecule has 1 aromatic heterocycles. The van der Waals surface area contributed by atoms with E-state index in [1.54, 1.807) is 18.0 Å². The molecule has 0 bridgehead atoms. The maximum absolute atomic E-state index is 12.1. The molecule has 0 amide bonds. The van der Waals surface area contributed by atoms with E-state index in [9.17, 15) is 4.79 Å². The van der Waals surface area contributed by atoms with Crippen LogP contribution in [0.5, 0.6) is 0 Å². The van der Waals surface area contributed by atoms with Crippen molar-refractivity contribution in [2.45, 2.75) is 43.2 Å². The van der Waals surface area contributed by atoms with Gasteiger partial charge in [-0.2, -0.15) is 0 Å². The molecule has 1 aromatic rings. The number of aromatic nitrogens is 1. The summed E-state index contributed by atoms with van der Waals surface area (Å²) in [5, 5.41) is 1.49. The second-order valence-corrected chi connectivity index (χ2v) is 6.77. The van der Waals surface area contributed by atoms with Crippen LogP contribution in [0.25, 0.3) is 0 Å². The lowest BCUT2D eigenvalue weighted by Gasteiger charge is -2.28. The zero-order valence-electron chi connectivity index (χ0n) is 12.2. The van der Waals surface area contributed by atoms with Crippen molar-refractivity contribution in [3.8, 4) is 0 Å². The van der Waals surface area contributed by atoms with E-state index < -0.39 is 5.54 Å². The third-order valence-electron chi connectivity index (χ3n) is 3.96. The molecule has 0 saturated heterocycles. The van der Waals surface area contributed by atoms with Crippen LogP contribution in [0.1, 0.15) is 32.6 Å². The zero-order chi connectivity index (χ0) is 15.3. The molecule has 0 aliphatic heterocycles. The Morgan fingerprint density at radius 2 is 2.48 bits per heavy atom. The second-order valence-electron chi connectivity index (χ2n) is 5.28. The van der Waals surface area contributed by atoms with Crippen molar-refractivity contribution in [2.75, 3.05) is 12.4 Å². The Kier molecular flexibility index (Phi) is 5.90. The minimum absolute atomic E-state index is 0.173. The molecule has 0 radical (unpaired) electrons. The van der Waals surface area contributed by atoms with Crippen molar-refractivity contribution >= 4 is 29.3 Å². The van der Waals surface area contributed by atoms with Gasteiger partial charge in [-0.1, -0.05) is 18.0 Å². The Balaban J connectivity index is 1.90. The molecule has 1 fully saturated rings. The molecule has 2 N–H and O–H groups in total. The van der Waals surface area contributed by atoms with Gasteiger partial charge in [0, 0.05) is 6.20 Å². The van der Waals surface area contributed by atoms with E-state index in [0.717, 1.165) is 30.0 Å². The van der Waals surface area contributed by atoms with Crippen LogP contribution < -0.4 is 5.73 Å². The Morgan fingerprint density at radius 1 is 1.67 bits per heavy atom. The van der Waals surface area contributed by atoms with Gasteiger partial charge in [0.25, 0.3) is 0 Å². The molecule has 2 unspecified atom stereocenters. The first-order chi connectivity index (χ1) is 10.1. The van der Waals surface area contributed by atoms with Gasteiger partial charge in [0.1, 0.15) is 10.6 Å². The molecule has 2 atom stereocenters. The average Bonchev–Trinajstić information content (AvgIpc) is 2.84. The number of thioether (sulfide) groups is 1. The van der Waals surface area contributed by atoms with Crippen LogP contribution in [0.2, 0.25) is 5.02 Å². The smallest absolute Gasteiger partial charge is 0.326 e. The number of rotatable bonds is 6. The molecule has 1 aliphatic rings. The number of halogens is 1. The Bertz CT molecular complexity index is 500. The minimum Gasteiger partial charge on any atom is -0.465 e. The van der Waals surface area contributed by atoms with Crippen molar-refractivity contribution in [1.82, 2.24) is 4.98 Å². The summed E-state index contributed by atoms with van der Waals surface area (Å²) in [4.78, 5) is 16.3. The normalized spacial score (nSPS) is 25.0. The maximum atomic E-state index is 12.1. The van der Waals surface area contributed by atoms with Gasteiger partial charge in [-0.3, -0.25) is 4.79 Å². The summed E-state index contributed by atoms with van der Waals surface area (Å²) in [5.74, 6) is 0.764. The van der Waals surface area contributed by atoms with Gasteiger partial charge in [-0.25, -0.2) is 4.98 Å². The topological polar surface area (TPSA) is 65.2 Å². The van der Waals surface area contributed by atoms with Crippen molar-refractivity contribution in [3.05, 3.63) is 23.4 Å². The Hall–Kier alpha value is -0.780. The van der Waals surface area contributed by atoms with Gasteiger partial charge in [0.2, 0.25) is 0 Å². The third-order valence-corrected chi connectivity index (χ3v) is 5.41. The summed E-state index contributed by atoms with van der Waals surface area (Å²) in [6.07, 6.45) is 5.27. The van der Waals surface area contributed by atoms with E-state index in [2.05, 4.69) is 4.98 Å². The number of hydrogen-bond acceptors (Lipinski definition) is 5. The quantitative estimate of drug-likeness (QED) is 0.641. The lowest BCUT2D eigenvalue weighted by molar-refractivity contribution is -0.151.